The lowest BCUT2D eigenvalue weighted by atomic mass is 10.4. The number of nitrogens with zero attached hydrogens (tertiary/aromatic N) is 6. The number of hydrogen-bond donors (Lipinski definition) is 1. The van der Waals surface area contributed by atoms with Crippen molar-refractivity contribution in [3.63, 3.8) is 0 Å². The van der Waals surface area contributed by atoms with E-state index in [2.05, 4.69) is 38.8 Å². The molecule has 0 atom stereocenters. The molecule has 0 spiro atoms. The highest BCUT2D eigenvalue weighted by Gasteiger charge is 2.12. The van der Waals surface area contributed by atoms with Crippen molar-refractivity contribution in [2.75, 3.05) is 6.54 Å². The molecule has 2 aromatic heterocycles. The Labute approximate surface area is 128 Å². The minimum atomic E-state index is 0. The first-order valence-corrected chi connectivity index (χ1v) is 7.21. The zero-order chi connectivity index (χ0) is 13.8. The summed E-state index contributed by atoms with van der Waals surface area (Å²) in [4.78, 5) is 0. The van der Waals surface area contributed by atoms with Crippen LogP contribution >= 0.6 is 24.2 Å². The first-order chi connectivity index (χ1) is 9.13. The minimum absolute atomic E-state index is 0. The molecule has 2 rings (SSSR count). The molecule has 0 saturated carbocycles. The molecule has 0 radical (unpaired) electrons. The molecule has 0 unspecified atom stereocenters. The lowest BCUT2D eigenvalue weighted by molar-refractivity contribution is 0.579. The molecular formula is C11H20ClN7S. The van der Waals surface area contributed by atoms with Crippen molar-refractivity contribution in [3.8, 4) is 0 Å². The molecule has 7 nitrogen and oxygen atoms in total. The summed E-state index contributed by atoms with van der Waals surface area (Å²) in [5.74, 6) is 2.59. The number of hydrogen-bond acceptors (Lipinski definition) is 6. The fourth-order valence-electron chi connectivity index (χ4n) is 1.75. The third-order valence-corrected chi connectivity index (χ3v) is 3.84. The topological polar surface area (TPSA) is 87.4 Å². The zero-order valence-electron chi connectivity index (χ0n) is 11.9. The Bertz CT molecular complexity index is 537. The van der Waals surface area contributed by atoms with Gasteiger partial charge in [0.05, 0.1) is 5.75 Å². The van der Waals surface area contributed by atoms with Crippen LogP contribution in [0.1, 0.15) is 31.5 Å². The number of thioether (sulfide) groups is 1. The zero-order valence-corrected chi connectivity index (χ0v) is 13.5. The second kappa shape index (κ2) is 7.61. The fourth-order valence-corrected chi connectivity index (χ4v) is 2.61. The van der Waals surface area contributed by atoms with Gasteiger partial charge in [-0.1, -0.05) is 11.8 Å². The molecule has 0 aliphatic heterocycles. The van der Waals surface area contributed by atoms with Gasteiger partial charge >= 0.3 is 0 Å². The Hall–Kier alpha value is -1.12. The summed E-state index contributed by atoms with van der Waals surface area (Å²) in [6.07, 6.45) is 2.50. The van der Waals surface area contributed by atoms with Crippen LogP contribution < -0.4 is 5.73 Å². The molecule has 20 heavy (non-hydrogen) atoms. The van der Waals surface area contributed by atoms with Crippen molar-refractivity contribution >= 4 is 24.2 Å². The van der Waals surface area contributed by atoms with E-state index in [-0.39, 0.29) is 12.4 Å². The van der Waals surface area contributed by atoms with E-state index >= 15 is 0 Å². The molecule has 0 aliphatic carbocycles. The summed E-state index contributed by atoms with van der Waals surface area (Å²) in [6, 6.07) is 0.359. The van der Waals surface area contributed by atoms with Gasteiger partial charge in [0.2, 0.25) is 0 Å². The SMILES string of the molecule is CC(C)n1cnnc1CSc1nnc(CCN)n1C.Cl. The number of rotatable bonds is 6. The van der Waals surface area contributed by atoms with Crippen LogP contribution in [0.2, 0.25) is 0 Å². The van der Waals surface area contributed by atoms with Crippen molar-refractivity contribution in [2.45, 2.75) is 37.2 Å². The van der Waals surface area contributed by atoms with E-state index in [0.717, 1.165) is 29.0 Å². The first-order valence-electron chi connectivity index (χ1n) is 6.23. The smallest absolute Gasteiger partial charge is 0.191 e. The third kappa shape index (κ3) is 3.71. The molecule has 9 heteroatoms. The fraction of sp³-hybridized carbons (Fsp3) is 0.636. The number of nitrogens with two attached hydrogens (primary N) is 1. The Morgan fingerprint density at radius 3 is 2.65 bits per heavy atom. The van der Waals surface area contributed by atoms with Gasteiger partial charge in [0.25, 0.3) is 0 Å². The summed E-state index contributed by atoms with van der Waals surface area (Å²) in [5.41, 5.74) is 5.53. The van der Waals surface area contributed by atoms with Crippen molar-refractivity contribution in [2.24, 2.45) is 12.8 Å². The minimum Gasteiger partial charge on any atom is -0.330 e. The molecule has 112 valence electrons. The van der Waals surface area contributed by atoms with E-state index in [1.807, 2.05) is 11.6 Å². The van der Waals surface area contributed by atoms with Gasteiger partial charge in [0, 0.05) is 19.5 Å². The van der Waals surface area contributed by atoms with E-state index in [4.69, 9.17) is 5.73 Å². The normalized spacial score (nSPS) is 10.8. The van der Waals surface area contributed by atoms with Gasteiger partial charge in [-0.2, -0.15) is 0 Å². The van der Waals surface area contributed by atoms with Crippen LogP contribution in [0.4, 0.5) is 0 Å². The highest BCUT2D eigenvalue weighted by Crippen LogP contribution is 2.21. The largest absolute Gasteiger partial charge is 0.330 e. The Morgan fingerprint density at radius 2 is 2.00 bits per heavy atom. The molecule has 0 saturated heterocycles. The molecule has 2 heterocycles. The molecule has 0 aliphatic rings. The molecule has 0 fully saturated rings. The lowest BCUT2D eigenvalue weighted by Gasteiger charge is -2.09. The third-order valence-electron chi connectivity index (χ3n) is 2.83. The summed E-state index contributed by atoms with van der Waals surface area (Å²) >= 11 is 1.61. The highest BCUT2D eigenvalue weighted by atomic mass is 35.5. The van der Waals surface area contributed by atoms with Crippen LogP contribution in [0.3, 0.4) is 0 Å². The summed E-state index contributed by atoms with van der Waals surface area (Å²) in [5, 5.41) is 17.3. The van der Waals surface area contributed by atoms with Gasteiger partial charge < -0.3 is 14.9 Å². The van der Waals surface area contributed by atoms with Gasteiger partial charge in [-0.15, -0.1) is 32.8 Å². The van der Waals surface area contributed by atoms with Crippen LogP contribution in [0.25, 0.3) is 0 Å². The van der Waals surface area contributed by atoms with Crippen molar-refractivity contribution in [1.82, 2.24) is 29.5 Å². The van der Waals surface area contributed by atoms with Crippen molar-refractivity contribution in [3.05, 3.63) is 18.0 Å². The van der Waals surface area contributed by atoms with Crippen LogP contribution in [0, 0.1) is 0 Å². The average molecular weight is 318 g/mol. The Balaban J connectivity index is 0.00000200. The van der Waals surface area contributed by atoms with E-state index < -0.39 is 0 Å². The standard InChI is InChI=1S/C11H19N7S.ClH/c1-8(2)18-7-13-14-10(18)6-19-11-16-15-9(4-5-12)17(11)3;/h7-8H,4-6,12H2,1-3H3;1H. The molecule has 0 amide bonds. The molecule has 2 N–H and O–H groups in total. The van der Waals surface area contributed by atoms with E-state index in [9.17, 15) is 0 Å². The van der Waals surface area contributed by atoms with Crippen LogP contribution in [-0.4, -0.2) is 36.1 Å². The predicted octanol–water partition coefficient (Wildman–Crippen LogP) is 1.20. The maximum Gasteiger partial charge on any atom is 0.191 e. The van der Waals surface area contributed by atoms with E-state index in [1.165, 1.54) is 0 Å². The highest BCUT2D eigenvalue weighted by molar-refractivity contribution is 7.98. The second-order valence-corrected chi connectivity index (χ2v) is 5.48. The van der Waals surface area contributed by atoms with Gasteiger partial charge in [-0.05, 0) is 20.4 Å². The molecule has 0 aromatic carbocycles. The first kappa shape index (κ1) is 16.9. The monoisotopic (exact) mass is 317 g/mol. The lowest BCUT2D eigenvalue weighted by Crippen LogP contribution is -2.08. The maximum atomic E-state index is 5.53. The molecular weight excluding hydrogens is 298 g/mol. The van der Waals surface area contributed by atoms with Crippen LogP contribution in [0.5, 0.6) is 0 Å². The van der Waals surface area contributed by atoms with Gasteiger partial charge in [0.15, 0.2) is 5.16 Å². The van der Waals surface area contributed by atoms with Crippen LogP contribution in [0.15, 0.2) is 11.5 Å². The van der Waals surface area contributed by atoms with Gasteiger partial charge in [0.1, 0.15) is 18.0 Å². The predicted molar refractivity (Wildman–Crippen MR) is 81.0 cm³/mol. The van der Waals surface area contributed by atoms with Gasteiger partial charge in [-0.3, -0.25) is 0 Å². The summed E-state index contributed by atoms with van der Waals surface area (Å²) < 4.78 is 4.04. The quantitative estimate of drug-likeness (QED) is 0.806. The summed E-state index contributed by atoms with van der Waals surface area (Å²) in [6.45, 7) is 4.80. The number of aromatic nitrogens is 6. The van der Waals surface area contributed by atoms with Crippen molar-refractivity contribution < 1.29 is 0 Å². The van der Waals surface area contributed by atoms with Crippen molar-refractivity contribution in [1.29, 1.82) is 0 Å². The van der Waals surface area contributed by atoms with Crippen LogP contribution in [-0.2, 0) is 19.2 Å². The molecule has 0 bridgehead atoms. The number of halogens is 1. The Morgan fingerprint density at radius 1 is 1.25 bits per heavy atom. The average Bonchev–Trinajstić information content (AvgIpc) is 2.96. The molecule has 2 aromatic rings. The van der Waals surface area contributed by atoms with E-state index in [0.29, 0.717) is 12.6 Å². The maximum absolute atomic E-state index is 5.53. The summed E-state index contributed by atoms with van der Waals surface area (Å²) in [7, 11) is 1.96. The van der Waals surface area contributed by atoms with E-state index in [1.54, 1.807) is 18.1 Å². The second-order valence-electron chi connectivity index (χ2n) is 4.53. The van der Waals surface area contributed by atoms with Gasteiger partial charge in [-0.25, -0.2) is 0 Å². The Kier molecular flexibility index (Phi) is 6.44.